The van der Waals surface area contributed by atoms with Crippen molar-refractivity contribution in [2.75, 3.05) is 50.1 Å². The van der Waals surface area contributed by atoms with Gasteiger partial charge < -0.3 is 24.6 Å². The van der Waals surface area contributed by atoms with Crippen molar-refractivity contribution in [1.29, 1.82) is 0 Å². The molecule has 0 unspecified atom stereocenters. The van der Waals surface area contributed by atoms with Gasteiger partial charge in [-0.25, -0.2) is 4.79 Å². The summed E-state index contributed by atoms with van der Waals surface area (Å²) in [7, 11) is 1.63. The topological polar surface area (TPSA) is 88.2 Å². The number of anilines is 2. The van der Waals surface area contributed by atoms with E-state index in [0.29, 0.717) is 37.4 Å². The first-order valence-corrected chi connectivity index (χ1v) is 11.8. The van der Waals surface area contributed by atoms with Gasteiger partial charge in [0.2, 0.25) is 0 Å². The van der Waals surface area contributed by atoms with Crippen LogP contribution >= 0.6 is 11.3 Å². The van der Waals surface area contributed by atoms with Crippen molar-refractivity contribution in [3.05, 3.63) is 76.5 Å². The number of hydrogen-bond acceptors (Lipinski definition) is 7. The van der Waals surface area contributed by atoms with Gasteiger partial charge in [0.1, 0.15) is 5.75 Å². The number of nitrogens with one attached hydrogen (secondary N) is 1. The van der Waals surface area contributed by atoms with Crippen molar-refractivity contribution >= 4 is 40.5 Å². The lowest BCUT2D eigenvalue weighted by Gasteiger charge is -2.36. The second-order valence-electron chi connectivity index (χ2n) is 7.65. The molecule has 34 heavy (non-hydrogen) atoms. The average Bonchev–Trinajstić information content (AvgIpc) is 3.43. The number of para-hydroxylation sites is 1. The van der Waals surface area contributed by atoms with E-state index in [1.165, 1.54) is 11.3 Å². The van der Waals surface area contributed by atoms with E-state index in [-0.39, 0.29) is 24.0 Å². The molecule has 1 N–H and O–H groups in total. The Balaban J connectivity index is 1.29. The Labute approximate surface area is 201 Å². The molecule has 0 saturated carbocycles. The molecule has 0 bridgehead atoms. The van der Waals surface area contributed by atoms with Gasteiger partial charge in [-0.15, -0.1) is 0 Å². The van der Waals surface area contributed by atoms with Crippen molar-refractivity contribution in [3.8, 4) is 5.75 Å². The van der Waals surface area contributed by atoms with Gasteiger partial charge in [0.15, 0.2) is 6.61 Å². The van der Waals surface area contributed by atoms with Gasteiger partial charge in [-0.3, -0.25) is 9.59 Å². The van der Waals surface area contributed by atoms with Crippen molar-refractivity contribution in [2.45, 2.75) is 0 Å². The molecule has 9 heteroatoms. The van der Waals surface area contributed by atoms with Crippen LogP contribution in [0.2, 0.25) is 0 Å². The summed E-state index contributed by atoms with van der Waals surface area (Å²) in [5, 5.41) is 6.26. The number of piperazine rings is 1. The molecule has 8 nitrogen and oxygen atoms in total. The molecule has 4 rings (SSSR count). The van der Waals surface area contributed by atoms with E-state index in [9.17, 15) is 14.4 Å². The van der Waals surface area contributed by atoms with E-state index < -0.39 is 5.97 Å². The van der Waals surface area contributed by atoms with Crippen LogP contribution in [0.25, 0.3) is 0 Å². The zero-order valence-corrected chi connectivity index (χ0v) is 19.5. The van der Waals surface area contributed by atoms with Crippen molar-refractivity contribution in [1.82, 2.24) is 4.90 Å². The third-order valence-corrected chi connectivity index (χ3v) is 6.26. The summed E-state index contributed by atoms with van der Waals surface area (Å²) in [6, 6.07) is 16.1. The van der Waals surface area contributed by atoms with Crippen molar-refractivity contribution in [2.24, 2.45) is 0 Å². The summed E-state index contributed by atoms with van der Waals surface area (Å²) in [6.45, 7) is 2.09. The smallest absolute Gasteiger partial charge is 0.340 e. The third-order valence-electron chi connectivity index (χ3n) is 5.58. The van der Waals surface area contributed by atoms with Crippen LogP contribution in [0.1, 0.15) is 20.7 Å². The van der Waals surface area contributed by atoms with Gasteiger partial charge in [-0.05, 0) is 47.8 Å². The van der Waals surface area contributed by atoms with E-state index in [1.54, 1.807) is 53.1 Å². The van der Waals surface area contributed by atoms with E-state index in [0.717, 1.165) is 11.4 Å². The highest BCUT2D eigenvalue weighted by Crippen LogP contribution is 2.21. The molecule has 3 aromatic rings. The van der Waals surface area contributed by atoms with Crippen LogP contribution in [0.15, 0.2) is 65.4 Å². The van der Waals surface area contributed by atoms with Crippen LogP contribution < -0.4 is 15.0 Å². The minimum absolute atomic E-state index is 0.197. The number of methoxy groups -OCH3 is 1. The van der Waals surface area contributed by atoms with Crippen LogP contribution in [-0.2, 0) is 9.53 Å². The molecule has 1 aliphatic heterocycles. The highest BCUT2D eigenvalue weighted by molar-refractivity contribution is 7.08. The molecule has 0 radical (unpaired) electrons. The van der Waals surface area contributed by atoms with Crippen LogP contribution in [0.5, 0.6) is 5.75 Å². The molecule has 1 aliphatic rings. The maximum atomic E-state index is 12.6. The lowest BCUT2D eigenvalue weighted by atomic mass is 10.1. The number of carbonyl (C=O) groups is 3. The van der Waals surface area contributed by atoms with Gasteiger partial charge in [0.05, 0.1) is 23.9 Å². The predicted molar refractivity (Wildman–Crippen MR) is 131 cm³/mol. The molecule has 0 aliphatic carbocycles. The SMILES string of the molecule is COc1ccc(N2CCN(C(=O)COC(=O)c3ccccc3NC(=O)c3ccsc3)CC2)cc1. The number of ether oxygens (including phenoxy) is 2. The Morgan fingerprint density at radius 3 is 2.38 bits per heavy atom. The summed E-state index contributed by atoms with van der Waals surface area (Å²) in [5.41, 5.74) is 2.12. The van der Waals surface area contributed by atoms with Gasteiger partial charge in [0, 0.05) is 37.2 Å². The normalized spacial score (nSPS) is 13.3. The monoisotopic (exact) mass is 479 g/mol. The standard InChI is InChI=1S/C25H25N3O5S/c1-32-20-8-6-19(7-9-20)27-11-13-28(14-12-27)23(29)16-33-25(31)21-4-2-3-5-22(21)26-24(30)18-10-15-34-17-18/h2-10,15,17H,11-14,16H2,1H3,(H,26,30). The fraction of sp³-hybridized carbons (Fsp3) is 0.240. The van der Waals surface area contributed by atoms with Crippen LogP contribution in [-0.4, -0.2) is 62.6 Å². The number of esters is 1. The number of benzene rings is 2. The highest BCUT2D eigenvalue weighted by Gasteiger charge is 2.23. The van der Waals surface area contributed by atoms with Crippen LogP contribution in [0.4, 0.5) is 11.4 Å². The Morgan fingerprint density at radius 1 is 0.971 bits per heavy atom. The molecular formula is C25H25N3O5S. The molecule has 1 aromatic heterocycles. The number of hydrogen-bond donors (Lipinski definition) is 1. The number of carbonyl (C=O) groups excluding carboxylic acids is 3. The largest absolute Gasteiger partial charge is 0.497 e. The second-order valence-corrected chi connectivity index (χ2v) is 8.43. The summed E-state index contributed by atoms with van der Waals surface area (Å²) in [6.07, 6.45) is 0. The van der Waals surface area contributed by atoms with E-state index in [4.69, 9.17) is 9.47 Å². The number of rotatable bonds is 7. The maximum absolute atomic E-state index is 12.6. The average molecular weight is 480 g/mol. The van der Waals surface area contributed by atoms with E-state index in [2.05, 4.69) is 10.2 Å². The van der Waals surface area contributed by atoms with Crippen LogP contribution in [0.3, 0.4) is 0 Å². The number of amides is 2. The zero-order valence-electron chi connectivity index (χ0n) is 18.7. The molecule has 2 heterocycles. The fourth-order valence-electron chi connectivity index (χ4n) is 3.66. The number of nitrogens with zero attached hydrogens (tertiary/aromatic N) is 2. The molecule has 1 fully saturated rings. The lowest BCUT2D eigenvalue weighted by molar-refractivity contribution is -0.134. The third kappa shape index (κ3) is 5.55. The van der Waals surface area contributed by atoms with Gasteiger partial charge in [-0.2, -0.15) is 11.3 Å². The second kappa shape index (κ2) is 10.8. The molecule has 2 amide bonds. The van der Waals surface area contributed by atoms with E-state index >= 15 is 0 Å². The molecule has 1 saturated heterocycles. The molecule has 0 spiro atoms. The first-order chi connectivity index (χ1) is 16.5. The first kappa shape index (κ1) is 23.3. The Morgan fingerprint density at radius 2 is 1.71 bits per heavy atom. The lowest BCUT2D eigenvalue weighted by Crippen LogP contribution is -2.49. The van der Waals surface area contributed by atoms with Crippen LogP contribution in [0, 0.1) is 0 Å². The van der Waals surface area contributed by atoms with Crippen molar-refractivity contribution < 1.29 is 23.9 Å². The quantitative estimate of drug-likeness (QED) is 0.522. The first-order valence-electron chi connectivity index (χ1n) is 10.8. The summed E-state index contributed by atoms with van der Waals surface area (Å²) in [4.78, 5) is 41.5. The maximum Gasteiger partial charge on any atom is 0.340 e. The van der Waals surface area contributed by atoms with E-state index in [1.807, 2.05) is 24.3 Å². The van der Waals surface area contributed by atoms with Gasteiger partial charge in [0.25, 0.3) is 11.8 Å². The Kier molecular flexibility index (Phi) is 7.44. The van der Waals surface area contributed by atoms with Crippen molar-refractivity contribution in [3.63, 3.8) is 0 Å². The zero-order chi connectivity index (χ0) is 23.9. The summed E-state index contributed by atoms with van der Waals surface area (Å²) in [5.74, 6) is -0.423. The number of thiophene rings is 1. The summed E-state index contributed by atoms with van der Waals surface area (Å²) < 4.78 is 10.5. The molecule has 0 atom stereocenters. The summed E-state index contributed by atoms with van der Waals surface area (Å²) >= 11 is 1.41. The molecular weight excluding hydrogens is 454 g/mol. The molecule has 176 valence electrons. The predicted octanol–water partition coefficient (Wildman–Crippen LogP) is 3.51. The molecule has 2 aromatic carbocycles. The van der Waals surface area contributed by atoms with Gasteiger partial charge >= 0.3 is 5.97 Å². The fourth-order valence-corrected chi connectivity index (χ4v) is 4.30. The van der Waals surface area contributed by atoms with Gasteiger partial charge in [-0.1, -0.05) is 12.1 Å². The Hall–Kier alpha value is -3.85. The highest BCUT2D eigenvalue weighted by atomic mass is 32.1. The Bertz CT molecular complexity index is 1140. The minimum atomic E-state index is -0.661. The minimum Gasteiger partial charge on any atom is -0.497 e.